The van der Waals surface area contributed by atoms with Gasteiger partial charge in [-0.3, -0.25) is 4.99 Å². The second-order valence-corrected chi connectivity index (χ2v) is 26.7. The van der Waals surface area contributed by atoms with Crippen molar-refractivity contribution in [3.63, 3.8) is 0 Å². The van der Waals surface area contributed by atoms with Gasteiger partial charge in [0.15, 0.2) is 22.7 Å². The number of alkyl carbamates (subject to hydrolysis) is 2. The Morgan fingerprint density at radius 2 is 1.14 bits per heavy atom. The van der Waals surface area contributed by atoms with Crippen LogP contribution in [0, 0.1) is 11.8 Å². The second kappa shape index (κ2) is 32.8. The number of fused-ring (bicyclic) bond motifs is 3. The van der Waals surface area contributed by atoms with Gasteiger partial charge in [0.05, 0.1) is 50.1 Å². The van der Waals surface area contributed by atoms with Crippen molar-refractivity contribution in [3.8, 4) is 11.4 Å². The number of para-hydroxylation sites is 2. The van der Waals surface area contributed by atoms with Crippen LogP contribution >= 0.6 is 11.6 Å². The summed E-state index contributed by atoms with van der Waals surface area (Å²) >= 11 is 6.38. The van der Waals surface area contributed by atoms with Gasteiger partial charge in [-0.25, -0.2) is 38.5 Å². The molecule has 494 valence electrons. The molecule has 8 heterocycles. The number of amides is 2. The largest absolute Gasteiger partial charge is 0.477 e. The van der Waals surface area contributed by atoms with E-state index in [1.165, 1.54) is 89.6 Å². The molecule has 6 aliphatic rings. The van der Waals surface area contributed by atoms with Crippen molar-refractivity contribution in [1.82, 2.24) is 55.3 Å². The van der Waals surface area contributed by atoms with Crippen molar-refractivity contribution in [2.45, 2.75) is 169 Å². The number of halogens is 1. The van der Waals surface area contributed by atoms with Crippen LogP contribution < -0.4 is 20.9 Å². The Bertz CT molecular complexity index is 3370. The van der Waals surface area contributed by atoms with Gasteiger partial charge in [0.2, 0.25) is 0 Å². The summed E-state index contributed by atoms with van der Waals surface area (Å²) in [7, 11) is 0. The number of nitrogens with zero attached hydrogens (tertiary/aromatic N) is 10. The molecule has 22 heteroatoms. The average molecular weight is 1270 g/mol. The highest BCUT2D eigenvalue weighted by Gasteiger charge is 2.34. The number of hydrogen-bond acceptors (Lipinski definition) is 15. The fourth-order valence-electron chi connectivity index (χ4n) is 11.9. The molecule has 12 rings (SSSR count). The third kappa shape index (κ3) is 19.6. The number of ether oxygens (including phenoxy) is 2. The normalized spacial score (nSPS) is 18.3. The van der Waals surface area contributed by atoms with Gasteiger partial charge in [-0.05, 0) is 180 Å². The van der Waals surface area contributed by atoms with E-state index in [0.29, 0.717) is 53.7 Å². The van der Waals surface area contributed by atoms with Gasteiger partial charge in [0.25, 0.3) is 0 Å². The molecular weight excluding hydrogens is 1170 g/mol. The number of anilines is 1. The molecule has 0 bridgehead atoms. The number of amidine groups is 1. The van der Waals surface area contributed by atoms with E-state index in [1.54, 1.807) is 15.4 Å². The van der Waals surface area contributed by atoms with Gasteiger partial charge in [-0.2, -0.15) is 10.2 Å². The lowest BCUT2D eigenvalue weighted by atomic mass is 9.82. The fraction of sp³-hybridized carbons (Fsp3) is 0.580. The van der Waals surface area contributed by atoms with Crippen LogP contribution in [-0.2, 0) is 9.47 Å². The van der Waals surface area contributed by atoms with Gasteiger partial charge in [-0.15, -0.1) is 0 Å². The molecule has 2 saturated carbocycles. The molecule has 0 unspecified atom stereocenters. The molecule has 2 amide bonds. The lowest BCUT2D eigenvalue weighted by Crippen LogP contribution is -2.36. The highest BCUT2D eigenvalue weighted by Crippen LogP contribution is 2.44. The number of carboxylic acid groups (broad SMARTS) is 2. The molecule has 2 aromatic carbocycles. The number of benzene rings is 2. The lowest BCUT2D eigenvalue weighted by Gasteiger charge is -2.27. The molecule has 91 heavy (non-hydrogen) atoms. The van der Waals surface area contributed by atoms with Gasteiger partial charge >= 0.3 is 24.1 Å². The molecule has 4 aromatic heterocycles. The van der Waals surface area contributed by atoms with Crippen molar-refractivity contribution in [2.24, 2.45) is 16.8 Å². The van der Waals surface area contributed by atoms with E-state index in [1.807, 2.05) is 102 Å². The molecule has 5 fully saturated rings. The number of carboxylic acids is 2. The fourth-order valence-corrected chi connectivity index (χ4v) is 12.2. The van der Waals surface area contributed by atoms with Crippen molar-refractivity contribution < 1.29 is 38.9 Å². The number of carbonyl (C=O) groups is 4. The smallest absolute Gasteiger partial charge is 0.407 e. The molecule has 6 aromatic rings. The number of carbonyl (C=O) groups excluding carboxylic acids is 2. The molecular formula is C69H98ClN13O8. The topological polar surface area (TPSA) is 247 Å². The third-order valence-corrected chi connectivity index (χ3v) is 17.6. The molecule has 2 aliphatic carbocycles. The standard InChI is InChI=1S/C27H33N5O4.C17H14ClN3O2.C10H20N2O2.C9H16N2.C6H15N/c1-27(2,3)36-26(35)28-15-17-12-13-31(16-17)21-14-20(25(33)34)29-24-22(21)23(18-8-7-9-18)30-32(24)19-10-5-4-6-11-19;18-12-9-13(17(22)23)19-16-14(12)15(10-5-4-6-10)20-21(16)11-7-2-1-3-8-11;1-10(2,3)14-9(13)12-7-8-4-5-11-6-8;1-2-5-9-10-6-4-8-11(9)7-3-1;1-4-7(5-2)6-3/h4-6,10-11,14,17-18H,7-9,12-13,15-16H2,1-3H3,(H,28,35)(H,33,34);1-3,7-10H,4-6H2,(H,22,23);8,11H,4-7H2,1-3H3,(H,12,13);1-8H2;4-6H2,1-3H3/t17-;;8-;;/m1.0../s1. The Kier molecular flexibility index (Phi) is 25.0. The van der Waals surface area contributed by atoms with Crippen LogP contribution in [0.25, 0.3) is 33.4 Å². The summed E-state index contributed by atoms with van der Waals surface area (Å²) in [4.78, 5) is 67.2. The van der Waals surface area contributed by atoms with Crippen molar-refractivity contribution in [2.75, 3.05) is 83.4 Å². The SMILES string of the molecule is C1CCC2=NCCCN2CC1.CC(C)(C)OC(=O)NC[C@H]1CCN(c2cc(C(=O)O)nc3c2c(C2CCC2)nn3-c2ccccc2)C1.CC(C)(C)OC(=O)NC[C@H]1CCNC1.CCN(CC)CC.O=C(O)c1cc(Cl)c2c(C3CCC3)nn(-c3ccccc3)c2n1. The Morgan fingerprint density at radius 1 is 0.626 bits per heavy atom. The number of nitrogens with one attached hydrogen (secondary N) is 3. The predicted octanol–water partition coefficient (Wildman–Crippen LogP) is 12.9. The number of aliphatic imine (C=N–C) groups is 1. The quantitative estimate of drug-likeness (QED) is 0.0680. The van der Waals surface area contributed by atoms with Gasteiger partial charge in [0, 0.05) is 64.1 Å². The predicted molar refractivity (Wildman–Crippen MR) is 360 cm³/mol. The van der Waals surface area contributed by atoms with Crippen molar-refractivity contribution >= 4 is 69.3 Å². The summed E-state index contributed by atoms with van der Waals surface area (Å²) in [6.07, 6.45) is 14.6. The minimum atomic E-state index is -1.10. The molecule has 5 N–H and O–H groups in total. The maximum Gasteiger partial charge on any atom is 0.407 e. The molecule has 0 radical (unpaired) electrons. The molecule has 0 spiro atoms. The second-order valence-electron chi connectivity index (χ2n) is 26.3. The van der Waals surface area contributed by atoms with Crippen molar-refractivity contribution in [1.29, 1.82) is 0 Å². The zero-order valence-electron chi connectivity index (χ0n) is 55.1. The first-order valence-corrected chi connectivity index (χ1v) is 33.5. The number of rotatable bonds is 14. The number of aromatic nitrogens is 6. The van der Waals surface area contributed by atoms with Gasteiger partial charge in [0.1, 0.15) is 11.2 Å². The van der Waals surface area contributed by atoms with E-state index in [9.17, 15) is 29.4 Å². The van der Waals surface area contributed by atoms with Crippen LogP contribution in [-0.4, -0.2) is 169 Å². The highest BCUT2D eigenvalue weighted by atomic mass is 35.5. The Balaban J connectivity index is 0.000000165. The third-order valence-electron chi connectivity index (χ3n) is 17.3. The van der Waals surface area contributed by atoms with Crippen LogP contribution in [0.4, 0.5) is 15.3 Å². The Labute approximate surface area is 542 Å². The maximum atomic E-state index is 12.1. The first-order chi connectivity index (χ1) is 43.6. The van der Waals surface area contributed by atoms with Gasteiger partial charge in [-0.1, -0.05) is 88.0 Å². The summed E-state index contributed by atoms with van der Waals surface area (Å²) in [5.74, 6) is 0.742. The lowest BCUT2D eigenvalue weighted by molar-refractivity contribution is 0.0509. The summed E-state index contributed by atoms with van der Waals surface area (Å²) in [5, 5.41) is 39.8. The van der Waals surface area contributed by atoms with E-state index >= 15 is 0 Å². The van der Waals surface area contributed by atoms with E-state index in [-0.39, 0.29) is 23.4 Å². The minimum absolute atomic E-state index is 0.00469. The minimum Gasteiger partial charge on any atom is -0.477 e. The van der Waals surface area contributed by atoms with Crippen LogP contribution in [0.15, 0.2) is 77.8 Å². The van der Waals surface area contributed by atoms with Gasteiger partial charge < -0.3 is 50.3 Å². The van der Waals surface area contributed by atoms with Crippen LogP contribution in [0.1, 0.15) is 190 Å². The summed E-state index contributed by atoms with van der Waals surface area (Å²) < 4.78 is 14.0. The number of pyridine rings is 2. The number of aromatic carboxylic acids is 2. The summed E-state index contributed by atoms with van der Waals surface area (Å²) in [5.41, 5.74) is 4.54. The van der Waals surface area contributed by atoms with E-state index in [0.717, 1.165) is 104 Å². The monoisotopic (exact) mass is 1270 g/mol. The van der Waals surface area contributed by atoms with Crippen LogP contribution in [0.2, 0.25) is 5.02 Å². The maximum absolute atomic E-state index is 12.1. The van der Waals surface area contributed by atoms with Crippen molar-refractivity contribution in [3.05, 3.63) is 101 Å². The Morgan fingerprint density at radius 3 is 1.63 bits per heavy atom. The summed E-state index contributed by atoms with van der Waals surface area (Å²) in [6, 6.07) is 22.4. The summed E-state index contributed by atoms with van der Waals surface area (Å²) in [6.45, 7) is 29.6. The highest BCUT2D eigenvalue weighted by molar-refractivity contribution is 6.35. The first-order valence-electron chi connectivity index (χ1n) is 33.1. The zero-order valence-corrected chi connectivity index (χ0v) is 55.9. The molecule has 3 saturated heterocycles. The van der Waals surface area contributed by atoms with E-state index < -0.39 is 29.2 Å². The Hall–Kier alpha value is -7.36. The zero-order chi connectivity index (χ0) is 65.2. The molecule has 2 atom stereocenters. The number of hydrogen-bond donors (Lipinski definition) is 5. The first kappa shape index (κ1) is 69.5. The average Bonchev–Trinajstić information content (AvgIpc) is 1.62. The molecule has 4 aliphatic heterocycles. The van der Waals surface area contributed by atoms with Crippen LogP contribution in [0.5, 0.6) is 0 Å². The van der Waals surface area contributed by atoms with E-state index in [4.69, 9.17) is 31.3 Å². The molecule has 21 nitrogen and oxygen atoms in total. The van der Waals surface area contributed by atoms with Crippen LogP contribution in [0.3, 0.4) is 0 Å². The van der Waals surface area contributed by atoms with E-state index in [2.05, 4.69) is 66.4 Å².